The van der Waals surface area contributed by atoms with Crippen molar-refractivity contribution >= 4 is 12.0 Å². The smallest absolute Gasteiger partial charge is 0.348 e. The van der Waals surface area contributed by atoms with E-state index in [0.29, 0.717) is 23.7 Å². The van der Waals surface area contributed by atoms with E-state index in [9.17, 15) is 4.79 Å². The third-order valence-corrected chi connectivity index (χ3v) is 2.51. The van der Waals surface area contributed by atoms with E-state index in [4.69, 9.17) is 25.9 Å². The third kappa shape index (κ3) is 4.88. The van der Waals surface area contributed by atoms with E-state index in [2.05, 4.69) is 5.92 Å². The summed E-state index contributed by atoms with van der Waals surface area (Å²) in [4.78, 5) is 11.6. The molecule has 0 atom stereocenters. The molecule has 0 fully saturated rings. The molecule has 0 aromatic heterocycles. The Bertz CT molecular complexity index is 635. The van der Waals surface area contributed by atoms with Gasteiger partial charge in [-0.05, 0) is 37.6 Å². The molecular weight excluding hydrogens is 282 g/mol. The average Bonchev–Trinajstić information content (AvgIpc) is 2.52. The molecule has 22 heavy (non-hydrogen) atoms. The van der Waals surface area contributed by atoms with Crippen molar-refractivity contribution in [2.75, 3.05) is 19.8 Å². The Morgan fingerprint density at radius 3 is 2.64 bits per heavy atom. The molecule has 1 aromatic rings. The molecule has 0 amide bonds. The molecular formula is C17H17NO4. The first-order valence-electron chi connectivity index (χ1n) is 6.78. The molecule has 0 N–H and O–H groups in total. The number of rotatable bonds is 7. The van der Waals surface area contributed by atoms with Gasteiger partial charge in [0.25, 0.3) is 0 Å². The van der Waals surface area contributed by atoms with Gasteiger partial charge in [-0.1, -0.05) is 12.0 Å². The van der Waals surface area contributed by atoms with Crippen molar-refractivity contribution in [3.05, 3.63) is 29.3 Å². The van der Waals surface area contributed by atoms with Gasteiger partial charge in [0.05, 0.1) is 13.2 Å². The molecule has 0 spiro atoms. The first kappa shape index (κ1) is 17.1. The number of esters is 1. The van der Waals surface area contributed by atoms with Crippen LogP contribution in [0.3, 0.4) is 0 Å². The predicted octanol–water partition coefficient (Wildman–Crippen LogP) is 2.57. The summed E-state index contributed by atoms with van der Waals surface area (Å²) in [6.45, 7) is 4.30. The van der Waals surface area contributed by atoms with Crippen LogP contribution < -0.4 is 9.47 Å². The topological polar surface area (TPSA) is 68.5 Å². The van der Waals surface area contributed by atoms with Crippen LogP contribution in [0, 0.1) is 23.7 Å². The van der Waals surface area contributed by atoms with Crippen LogP contribution in [0.15, 0.2) is 23.8 Å². The largest absolute Gasteiger partial charge is 0.490 e. The Hall–Kier alpha value is -2.92. The van der Waals surface area contributed by atoms with Crippen LogP contribution in [0.4, 0.5) is 0 Å². The van der Waals surface area contributed by atoms with Crippen molar-refractivity contribution in [3.63, 3.8) is 0 Å². The number of terminal acetylenes is 1. The number of carbonyl (C=O) groups excluding carboxylic acids is 1. The normalized spacial score (nSPS) is 10.3. The molecule has 1 rings (SSSR count). The van der Waals surface area contributed by atoms with Crippen LogP contribution in [-0.4, -0.2) is 25.8 Å². The number of ether oxygens (including phenoxy) is 3. The first-order chi connectivity index (χ1) is 10.7. The number of hydrogen-bond acceptors (Lipinski definition) is 5. The summed E-state index contributed by atoms with van der Waals surface area (Å²) < 4.78 is 15.7. The van der Waals surface area contributed by atoms with Crippen LogP contribution in [-0.2, 0) is 9.53 Å². The molecule has 0 unspecified atom stereocenters. The minimum absolute atomic E-state index is 0.0819. The summed E-state index contributed by atoms with van der Waals surface area (Å²) in [6, 6.07) is 6.87. The molecule has 114 valence electrons. The molecule has 0 radical (unpaired) electrons. The number of nitriles is 1. The highest BCUT2D eigenvalue weighted by Crippen LogP contribution is 2.29. The molecule has 0 aliphatic heterocycles. The molecule has 0 saturated heterocycles. The van der Waals surface area contributed by atoms with Crippen LogP contribution in [0.25, 0.3) is 6.08 Å². The Labute approximate surface area is 130 Å². The second kappa shape index (κ2) is 9.10. The van der Waals surface area contributed by atoms with Crippen molar-refractivity contribution in [1.82, 2.24) is 0 Å². The van der Waals surface area contributed by atoms with Crippen LogP contribution in [0.1, 0.15) is 19.4 Å². The molecule has 0 aliphatic rings. The highest BCUT2D eigenvalue weighted by atomic mass is 16.5. The summed E-state index contributed by atoms with van der Waals surface area (Å²) in [5.41, 5.74) is 0.544. The van der Waals surface area contributed by atoms with Gasteiger partial charge in [-0.3, -0.25) is 0 Å². The molecule has 5 nitrogen and oxygen atoms in total. The standard InChI is InChI=1S/C17H17NO4/c1-4-9-22-15-8-7-13(11-16(15)20-5-2)10-14(12-18)17(19)21-6-3/h1,7-8,10-11H,5-6,9H2,2-3H3/b14-10+. The van der Waals surface area contributed by atoms with Crippen LogP contribution in [0.5, 0.6) is 11.5 Å². The Morgan fingerprint density at radius 1 is 1.27 bits per heavy atom. The number of hydrogen-bond donors (Lipinski definition) is 0. The maximum atomic E-state index is 11.6. The zero-order valence-corrected chi connectivity index (χ0v) is 12.6. The lowest BCUT2D eigenvalue weighted by molar-refractivity contribution is -0.137. The van der Waals surface area contributed by atoms with Gasteiger partial charge in [-0.15, -0.1) is 6.42 Å². The zero-order valence-electron chi connectivity index (χ0n) is 12.6. The van der Waals surface area contributed by atoms with Gasteiger partial charge in [0, 0.05) is 0 Å². The summed E-state index contributed by atoms with van der Waals surface area (Å²) in [7, 11) is 0. The zero-order chi connectivity index (χ0) is 16.4. The van der Waals surface area contributed by atoms with Crippen molar-refractivity contribution in [2.24, 2.45) is 0 Å². The number of benzene rings is 1. The highest BCUT2D eigenvalue weighted by molar-refractivity contribution is 5.97. The van der Waals surface area contributed by atoms with Gasteiger partial charge in [0.1, 0.15) is 18.2 Å². The Kier molecular flexibility index (Phi) is 7.08. The maximum absolute atomic E-state index is 11.6. The second-order valence-electron chi connectivity index (χ2n) is 4.02. The fourth-order valence-corrected chi connectivity index (χ4v) is 1.63. The fourth-order valence-electron chi connectivity index (χ4n) is 1.63. The van der Waals surface area contributed by atoms with E-state index in [-0.39, 0.29) is 18.8 Å². The number of carbonyl (C=O) groups is 1. The van der Waals surface area contributed by atoms with Gasteiger partial charge in [-0.2, -0.15) is 5.26 Å². The first-order valence-corrected chi connectivity index (χ1v) is 6.78. The molecule has 0 bridgehead atoms. The van der Waals surface area contributed by atoms with Crippen LogP contribution in [0.2, 0.25) is 0 Å². The van der Waals surface area contributed by atoms with E-state index in [1.165, 1.54) is 6.08 Å². The van der Waals surface area contributed by atoms with Gasteiger partial charge < -0.3 is 14.2 Å². The van der Waals surface area contributed by atoms with E-state index in [1.807, 2.05) is 13.0 Å². The molecule has 0 aliphatic carbocycles. The fraction of sp³-hybridized carbons (Fsp3) is 0.294. The Morgan fingerprint density at radius 2 is 2.05 bits per heavy atom. The van der Waals surface area contributed by atoms with E-state index in [0.717, 1.165) is 0 Å². The van der Waals surface area contributed by atoms with Crippen molar-refractivity contribution in [2.45, 2.75) is 13.8 Å². The lowest BCUT2D eigenvalue weighted by Gasteiger charge is -2.11. The molecule has 5 heteroatoms. The lowest BCUT2D eigenvalue weighted by atomic mass is 10.1. The second-order valence-corrected chi connectivity index (χ2v) is 4.02. The lowest BCUT2D eigenvalue weighted by Crippen LogP contribution is -2.06. The summed E-state index contributed by atoms with van der Waals surface area (Å²) in [5.74, 6) is 2.72. The SMILES string of the molecule is C#CCOc1ccc(/C=C(\C#N)C(=O)OCC)cc1OCC. The predicted molar refractivity (Wildman–Crippen MR) is 82.2 cm³/mol. The number of nitrogens with zero attached hydrogens (tertiary/aromatic N) is 1. The van der Waals surface area contributed by atoms with Gasteiger partial charge in [-0.25, -0.2) is 4.79 Å². The summed E-state index contributed by atoms with van der Waals surface area (Å²) in [5, 5.41) is 9.03. The third-order valence-electron chi connectivity index (χ3n) is 2.51. The van der Waals surface area contributed by atoms with E-state index in [1.54, 1.807) is 25.1 Å². The monoisotopic (exact) mass is 299 g/mol. The maximum Gasteiger partial charge on any atom is 0.348 e. The van der Waals surface area contributed by atoms with Crippen molar-refractivity contribution in [3.8, 4) is 29.9 Å². The van der Waals surface area contributed by atoms with Crippen molar-refractivity contribution < 1.29 is 19.0 Å². The quantitative estimate of drug-likeness (QED) is 0.335. The van der Waals surface area contributed by atoms with Gasteiger partial charge in [0.2, 0.25) is 0 Å². The van der Waals surface area contributed by atoms with Gasteiger partial charge in [0.15, 0.2) is 11.5 Å². The van der Waals surface area contributed by atoms with Crippen molar-refractivity contribution in [1.29, 1.82) is 5.26 Å². The Balaban J connectivity index is 3.10. The summed E-state index contributed by atoms with van der Waals surface area (Å²) >= 11 is 0. The minimum atomic E-state index is -0.657. The van der Waals surface area contributed by atoms with E-state index < -0.39 is 5.97 Å². The van der Waals surface area contributed by atoms with Crippen LogP contribution >= 0.6 is 0 Å². The molecule has 0 heterocycles. The van der Waals surface area contributed by atoms with E-state index >= 15 is 0 Å². The molecule has 0 saturated carbocycles. The average molecular weight is 299 g/mol. The highest BCUT2D eigenvalue weighted by Gasteiger charge is 2.11. The minimum Gasteiger partial charge on any atom is -0.490 e. The summed E-state index contributed by atoms with van der Waals surface area (Å²) in [6.07, 6.45) is 6.60. The van der Waals surface area contributed by atoms with Gasteiger partial charge >= 0.3 is 5.97 Å². The molecule has 1 aromatic carbocycles.